The van der Waals surface area contributed by atoms with Crippen LogP contribution in [-0.2, 0) is 18.4 Å². The number of carbonyl (C=O) groups is 1. The van der Waals surface area contributed by atoms with Crippen LogP contribution in [0, 0.1) is 0 Å². The normalized spacial score (nSPS) is 14.3. The number of hydrogen-bond donors (Lipinski definition) is 2. The summed E-state index contributed by atoms with van der Waals surface area (Å²) in [5, 5.41) is 13.9. The second kappa shape index (κ2) is 59.3. The zero-order valence-corrected chi connectivity index (χ0v) is 52.7. The second-order valence-corrected chi connectivity index (χ2v) is 24.9. The average molecular weight is 1110 g/mol. The first-order valence-corrected chi connectivity index (χ1v) is 34.4. The Kier molecular flexibility index (Phi) is 57.5. The Morgan fingerprint density at radius 3 is 1.14 bits per heavy atom. The largest absolute Gasteiger partial charge is 0.756 e. The van der Waals surface area contributed by atoms with Gasteiger partial charge in [0.15, 0.2) is 0 Å². The van der Waals surface area contributed by atoms with Crippen molar-refractivity contribution in [1.29, 1.82) is 0 Å². The third-order valence-electron chi connectivity index (χ3n) is 14.6. The highest BCUT2D eigenvalue weighted by atomic mass is 31.2. The molecule has 454 valence electrons. The highest BCUT2D eigenvalue weighted by Crippen LogP contribution is 2.38. The summed E-state index contributed by atoms with van der Waals surface area (Å²) in [7, 11) is 1.27. The number of amides is 1. The van der Waals surface area contributed by atoms with Crippen LogP contribution in [0.15, 0.2) is 85.1 Å². The molecule has 0 bridgehead atoms. The van der Waals surface area contributed by atoms with Gasteiger partial charge >= 0.3 is 0 Å². The molecule has 0 spiro atoms. The summed E-state index contributed by atoms with van der Waals surface area (Å²) in [4.78, 5) is 25.6. The van der Waals surface area contributed by atoms with Crippen LogP contribution < -0.4 is 10.2 Å². The lowest BCUT2D eigenvalue weighted by Crippen LogP contribution is -2.45. The second-order valence-electron chi connectivity index (χ2n) is 23.4. The number of aliphatic hydroxyl groups excluding tert-OH is 1. The Bertz CT molecular complexity index is 1550. The molecule has 0 aromatic rings. The van der Waals surface area contributed by atoms with Gasteiger partial charge in [0.2, 0.25) is 5.91 Å². The summed E-state index contributed by atoms with van der Waals surface area (Å²) >= 11 is 0. The van der Waals surface area contributed by atoms with Gasteiger partial charge in [-0.2, -0.15) is 0 Å². The molecular weight excluding hydrogens is 984 g/mol. The minimum atomic E-state index is -4.60. The van der Waals surface area contributed by atoms with Gasteiger partial charge < -0.3 is 28.8 Å². The van der Waals surface area contributed by atoms with E-state index in [-0.39, 0.29) is 19.1 Å². The van der Waals surface area contributed by atoms with Crippen LogP contribution in [0.25, 0.3) is 0 Å². The topological polar surface area (TPSA) is 108 Å². The van der Waals surface area contributed by atoms with Crippen molar-refractivity contribution in [2.75, 3.05) is 40.9 Å². The number of unbranched alkanes of at least 4 members (excludes halogenated alkanes) is 35. The van der Waals surface area contributed by atoms with E-state index in [0.29, 0.717) is 17.4 Å². The fraction of sp³-hybridized carbons (Fsp3) is 0.783. The van der Waals surface area contributed by atoms with E-state index >= 15 is 0 Å². The third kappa shape index (κ3) is 61.3. The number of aliphatic hydroxyl groups is 1. The number of likely N-dealkylation sites (N-methyl/N-ethyl adjacent to an activating group) is 1. The molecule has 0 radical (unpaired) electrons. The van der Waals surface area contributed by atoms with E-state index in [9.17, 15) is 19.4 Å². The molecule has 0 saturated heterocycles. The predicted molar refractivity (Wildman–Crippen MR) is 339 cm³/mol. The first kappa shape index (κ1) is 75.7. The van der Waals surface area contributed by atoms with E-state index in [4.69, 9.17) is 9.05 Å². The maximum atomic E-state index is 13.0. The number of hydrogen-bond acceptors (Lipinski definition) is 6. The molecule has 1 amide bonds. The van der Waals surface area contributed by atoms with Crippen molar-refractivity contribution in [2.24, 2.45) is 0 Å². The Balaban J connectivity index is 4.03. The molecule has 0 aliphatic carbocycles. The number of nitrogens with one attached hydrogen (secondary N) is 1. The maximum absolute atomic E-state index is 13.0. The van der Waals surface area contributed by atoms with Crippen LogP contribution >= 0.6 is 7.82 Å². The summed E-state index contributed by atoms with van der Waals surface area (Å²) < 4.78 is 23.4. The van der Waals surface area contributed by atoms with E-state index in [1.165, 1.54) is 199 Å². The molecule has 78 heavy (non-hydrogen) atoms. The van der Waals surface area contributed by atoms with Crippen LogP contribution in [-0.4, -0.2) is 68.5 Å². The molecule has 3 unspecified atom stereocenters. The SMILES string of the molecule is CC/C=C\C/C=C\C/C=C\C/C=C\C/C=C\C/C=C\CCCCCCCCCCCCCCCCCCCCC(=O)NC(COP(=O)([O-])OCC[N+](C)(C)C)C(O)/C=C/CCCCCCCCCCCCCCCCCCC. The number of quaternary nitrogens is 1. The lowest BCUT2D eigenvalue weighted by Gasteiger charge is -2.29. The zero-order valence-electron chi connectivity index (χ0n) is 51.9. The quantitative estimate of drug-likeness (QED) is 0.0272. The summed E-state index contributed by atoms with van der Waals surface area (Å²) in [5.41, 5.74) is 0. The van der Waals surface area contributed by atoms with Gasteiger partial charge in [-0.1, -0.05) is 304 Å². The van der Waals surface area contributed by atoms with Gasteiger partial charge in [-0.25, -0.2) is 0 Å². The molecule has 0 rings (SSSR count). The van der Waals surface area contributed by atoms with Gasteiger partial charge in [0.05, 0.1) is 39.9 Å². The molecule has 9 heteroatoms. The number of allylic oxidation sites excluding steroid dienone is 13. The van der Waals surface area contributed by atoms with Crippen molar-refractivity contribution in [3.8, 4) is 0 Å². The minimum absolute atomic E-state index is 0.00179. The van der Waals surface area contributed by atoms with Crippen molar-refractivity contribution in [3.05, 3.63) is 85.1 Å². The lowest BCUT2D eigenvalue weighted by atomic mass is 10.0. The minimum Gasteiger partial charge on any atom is -0.756 e. The summed E-state index contributed by atoms with van der Waals surface area (Å²) in [5.74, 6) is -0.195. The average Bonchev–Trinajstić information content (AvgIpc) is 3.41. The van der Waals surface area contributed by atoms with Crippen LogP contribution in [0.2, 0.25) is 0 Å². The Morgan fingerprint density at radius 1 is 0.462 bits per heavy atom. The van der Waals surface area contributed by atoms with E-state index in [2.05, 4.69) is 92.1 Å². The molecule has 0 heterocycles. The van der Waals surface area contributed by atoms with Crippen molar-refractivity contribution in [3.63, 3.8) is 0 Å². The monoisotopic (exact) mass is 1110 g/mol. The highest BCUT2D eigenvalue weighted by molar-refractivity contribution is 7.45. The van der Waals surface area contributed by atoms with Crippen LogP contribution in [0.1, 0.15) is 296 Å². The summed E-state index contributed by atoms with van der Waals surface area (Å²) in [6.45, 7) is 4.56. The third-order valence-corrected chi connectivity index (χ3v) is 15.6. The molecule has 0 aromatic heterocycles. The van der Waals surface area contributed by atoms with E-state index in [1.807, 2.05) is 27.2 Å². The van der Waals surface area contributed by atoms with Crippen molar-refractivity contribution < 1.29 is 32.9 Å². The zero-order chi connectivity index (χ0) is 57.0. The molecule has 0 aliphatic rings. The van der Waals surface area contributed by atoms with Gasteiger partial charge in [0.1, 0.15) is 13.2 Å². The number of nitrogens with zero attached hydrogens (tertiary/aromatic N) is 1. The first-order valence-electron chi connectivity index (χ1n) is 32.9. The lowest BCUT2D eigenvalue weighted by molar-refractivity contribution is -0.870. The van der Waals surface area contributed by atoms with Gasteiger partial charge in [-0.15, -0.1) is 0 Å². The summed E-state index contributed by atoms with van der Waals surface area (Å²) in [6, 6.07) is -0.889. The number of rotatable bonds is 60. The molecule has 0 aliphatic heterocycles. The maximum Gasteiger partial charge on any atom is 0.268 e. The Morgan fingerprint density at radius 2 is 0.782 bits per heavy atom. The number of carbonyl (C=O) groups excluding carboxylic acids is 1. The smallest absolute Gasteiger partial charge is 0.268 e. The number of phosphoric ester groups is 1. The molecule has 3 atom stereocenters. The van der Waals surface area contributed by atoms with Crippen LogP contribution in [0.5, 0.6) is 0 Å². The Labute approximate surface area is 484 Å². The van der Waals surface area contributed by atoms with Gasteiger partial charge in [-0.05, 0) is 70.6 Å². The van der Waals surface area contributed by atoms with Gasteiger partial charge in [-0.3, -0.25) is 9.36 Å². The van der Waals surface area contributed by atoms with Crippen molar-refractivity contribution in [2.45, 2.75) is 309 Å². The van der Waals surface area contributed by atoms with Gasteiger partial charge in [0.25, 0.3) is 7.82 Å². The molecule has 0 aromatic carbocycles. The van der Waals surface area contributed by atoms with Gasteiger partial charge in [0, 0.05) is 6.42 Å². The number of phosphoric acid groups is 1. The van der Waals surface area contributed by atoms with Crippen molar-refractivity contribution >= 4 is 13.7 Å². The van der Waals surface area contributed by atoms with E-state index < -0.39 is 20.0 Å². The molecular formula is C69H127N2O6P. The van der Waals surface area contributed by atoms with Crippen LogP contribution in [0.3, 0.4) is 0 Å². The fourth-order valence-corrected chi connectivity index (χ4v) is 10.2. The first-order chi connectivity index (χ1) is 38.0. The van der Waals surface area contributed by atoms with Crippen LogP contribution in [0.4, 0.5) is 0 Å². The molecule has 0 fully saturated rings. The Hall–Kier alpha value is -2.32. The molecule has 8 nitrogen and oxygen atoms in total. The molecule has 2 N–H and O–H groups in total. The standard InChI is InChI=1S/C69H127N2O6P/c1-6-8-10-12-14-16-18-20-22-24-26-27-28-29-30-31-32-33-34-35-36-37-38-39-40-41-42-43-45-47-49-51-53-55-57-59-61-63-69(73)70-67(66-77-78(74,75)76-65-64-71(3,4)5)68(72)62-60-58-56-54-52-50-48-46-44-25-23-21-19-17-15-13-11-9-7-2/h8,10,14,16,20,22,26-27,29-30,32-33,60,62,67-68,72H,6-7,9,11-13,15,17-19,21,23-25,28,31,34-59,61,63-66H2,1-5H3,(H-,70,73,74,75)/b10-8-,16-14-,22-20-,27-26-,30-29-,33-32-,62-60+. The van der Waals surface area contributed by atoms with Crippen molar-refractivity contribution in [1.82, 2.24) is 5.32 Å². The van der Waals surface area contributed by atoms with E-state index in [1.54, 1.807) is 6.08 Å². The highest BCUT2D eigenvalue weighted by Gasteiger charge is 2.23. The van der Waals surface area contributed by atoms with E-state index in [0.717, 1.165) is 77.0 Å². The predicted octanol–water partition coefficient (Wildman–Crippen LogP) is 20.1. The summed E-state index contributed by atoms with van der Waals surface area (Å²) in [6.07, 6.45) is 84.0. The molecule has 0 saturated carbocycles. The fourth-order valence-electron chi connectivity index (χ4n) is 9.51.